The second-order valence-electron chi connectivity index (χ2n) is 5.66. The Kier molecular flexibility index (Phi) is 3.94. The predicted molar refractivity (Wildman–Crippen MR) is 82.2 cm³/mol. The predicted octanol–water partition coefficient (Wildman–Crippen LogP) is 3.39. The van der Waals surface area contributed by atoms with Crippen LogP contribution in [0.15, 0.2) is 18.3 Å². The number of pyridine rings is 1. The molecule has 0 N–H and O–H groups in total. The minimum atomic E-state index is -0.106. The second-order valence-corrected chi connectivity index (χ2v) is 6.31. The molecule has 2 aromatic rings. The molecule has 2 aromatic heterocycles. The van der Waals surface area contributed by atoms with E-state index in [1.165, 1.54) is 25.9 Å². The van der Waals surface area contributed by atoms with Crippen molar-refractivity contribution in [1.82, 2.24) is 19.4 Å². The molecule has 3 heterocycles. The molecular formula is C15H21ClN4. The van der Waals surface area contributed by atoms with Crippen LogP contribution in [0.1, 0.15) is 43.9 Å². The molecular weight excluding hydrogens is 272 g/mol. The standard InChI is InChI=1S/C15H21ClN4/c1-11(10-19-8-3-4-9-19)20-14(12(2)16)18-13-6-5-7-17-15(13)20/h5-7,11-12H,3-4,8-10H2,1-2H3. The number of nitrogens with zero attached hydrogens (tertiary/aromatic N) is 4. The molecule has 0 radical (unpaired) electrons. The number of halogens is 1. The van der Waals surface area contributed by atoms with Crippen LogP contribution >= 0.6 is 11.6 Å². The van der Waals surface area contributed by atoms with E-state index in [0.29, 0.717) is 6.04 Å². The lowest BCUT2D eigenvalue weighted by Crippen LogP contribution is -2.28. The Balaban J connectivity index is 1.96. The van der Waals surface area contributed by atoms with E-state index in [2.05, 4.69) is 26.4 Å². The summed E-state index contributed by atoms with van der Waals surface area (Å²) in [5.74, 6) is 0.923. The molecule has 108 valence electrons. The highest BCUT2D eigenvalue weighted by Gasteiger charge is 2.22. The summed E-state index contributed by atoms with van der Waals surface area (Å²) in [5.41, 5.74) is 1.88. The summed E-state index contributed by atoms with van der Waals surface area (Å²) >= 11 is 6.32. The Morgan fingerprint density at radius 1 is 1.30 bits per heavy atom. The molecule has 5 heteroatoms. The van der Waals surface area contributed by atoms with E-state index in [1.807, 2.05) is 25.3 Å². The Bertz CT molecular complexity index is 587. The highest BCUT2D eigenvalue weighted by Crippen LogP contribution is 2.27. The molecule has 1 fully saturated rings. The molecule has 3 rings (SSSR count). The Hall–Kier alpha value is -1.13. The van der Waals surface area contributed by atoms with Crippen molar-refractivity contribution in [3.8, 4) is 0 Å². The molecule has 1 aliphatic heterocycles. The molecule has 0 spiro atoms. The Morgan fingerprint density at radius 3 is 2.75 bits per heavy atom. The van der Waals surface area contributed by atoms with E-state index in [-0.39, 0.29) is 5.38 Å². The van der Waals surface area contributed by atoms with Crippen molar-refractivity contribution < 1.29 is 0 Å². The van der Waals surface area contributed by atoms with Crippen LogP contribution in [0.25, 0.3) is 11.2 Å². The number of likely N-dealkylation sites (tertiary alicyclic amines) is 1. The highest BCUT2D eigenvalue weighted by molar-refractivity contribution is 6.20. The maximum Gasteiger partial charge on any atom is 0.160 e. The van der Waals surface area contributed by atoms with Gasteiger partial charge in [-0.25, -0.2) is 9.97 Å². The third-order valence-corrected chi connectivity index (χ3v) is 4.19. The quantitative estimate of drug-likeness (QED) is 0.810. The van der Waals surface area contributed by atoms with Gasteiger partial charge < -0.3 is 9.47 Å². The molecule has 0 bridgehead atoms. The molecule has 2 atom stereocenters. The van der Waals surface area contributed by atoms with Gasteiger partial charge in [-0.05, 0) is 51.9 Å². The third-order valence-electron chi connectivity index (χ3n) is 3.99. The lowest BCUT2D eigenvalue weighted by Gasteiger charge is -2.23. The summed E-state index contributed by atoms with van der Waals surface area (Å²) in [6.07, 6.45) is 4.45. The van der Waals surface area contributed by atoms with Gasteiger partial charge in [0.15, 0.2) is 5.65 Å². The lowest BCUT2D eigenvalue weighted by molar-refractivity contribution is 0.287. The zero-order chi connectivity index (χ0) is 14.1. The third kappa shape index (κ3) is 2.54. The van der Waals surface area contributed by atoms with Gasteiger partial charge in [-0.1, -0.05) is 0 Å². The van der Waals surface area contributed by atoms with Gasteiger partial charge in [0.25, 0.3) is 0 Å². The van der Waals surface area contributed by atoms with Gasteiger partial charge in [0.05, 0.1) is 5.38 Å². The Labute approximate surface area is 124 Å². The molecule has 1 aliphatic rings. The zero-order valence-corrected chi connectivity index (χ0v) is 12.8. The van der Waals surface area contributed by atoms with Crippen molar-refractivity contribution in [1.29, 1.82) is 0 Å². The molecule has 1 saturated heterocycles. The number of hydrogen-bond donors (Lipinski definition) is 0. The van der Waals surface area contributed by atoms with E-state index >= 15 is 0 Å². The highest BCUT2D eigenvalue weighted by atomic mass is 35.5. The largest absolute Gasteiger partial charge is 0.307 e. The average Bonchev–Trinajstić information content (AvgIpc) is 3.04. The monoisotopic (exact) mass is 292 g/mol. The summed E-state index contributed by atoms with van der Waals surface area (Å²) in [6.45, 7) is 7.66. The lowest BCUT2D eigenvalue weighted by atomic mass is 10.3. The molecule has 0 aliphatic carbocycles. The van der Waals surface area contributed by atoms with Crippen molar-refractivity contribution in [3.63, 3.8) is 0 Å². The van der Waals surface area contributed by atoms with Crippen molar-refractivity contribution in [2.24, 2.45) is 0 Å². The van der Waals surface area contributed by atoms with E-state index in [1.54, 1.807) is 0 Å². The number of fused-ring (bicyclic) bond motifs is 1. The average molecular weight is 293 g/mol. The van der Waals surface area contributed by atoms with Crippen molar-refractivity contribution >= 4 is 22.8 Å². The van der Waals surface area contributed by atoms with Gasteiger partial charge in [0, 0.05) is 18.8 Å². The zero-order valence-electron chi connectivity index (χ0n) is 12.1. The summed E-state index contributed by atoms with van der Waals surface area (Å²) in [4.78, 5) is 11.7. The smallest absolute Gasteiger partial charge is 0.160 e. The number of alkyl halides is 1. The molecule has 20 heavy (non-hydrogen) atoms. The summed E-state index contributed by atoms with van der Waals surface area (Å²) < 4.78 is 2.21. The van der Waals surface area contributed by atoms with Gasteiger partial charge in [-0.3, -0.25) is 0 Å². The van der Waals surface area contributed by atoms with Gasteiger partial charge in [-0.15, -0.1) is 11.6 Å². The Morgan fingerprint density at radius 2 is 2.05 bits per heavy atom. The summed E-state index contributed by atoms with van der Waals surface area (Å²) in [5, 5.41) is -0.106. The summed E-state index contributed by atoms with van der Waals surface area (Å²) in [7, 11) is 0. The van der Waals surface area contributed by atoms with Crippen LogP contribution in [0.3, 0.4) is 0 Å². The first-order chi connectivity index (χ1) is 9.66. The van der Waals surface area contributed by atoms with Crippen LogP contribution in [-0.2, 0) is 0 Å². The molecule has 0 saturated carbocycles. The maximum atomic E-state index is 6.32. The van der Waals surface area contributed by atoms with Gasteiger partial charge >= 0.3 is 0 Å². The topological polar surface area (TPSA) is 34.0 Å². The number of hydrogen-bond acceptors (Lipinski definition) is 3. The van der Waals surface area contributed by atoms with Crippen LogP contribution < -0.4 is 0 Å². The number of imidazole rings is 1. The first-order valence-electron chi connectivity index (χ1n) is 7.36. The SMILES string of the molecule is CC(Cl)c1nc2cccnc2n1C(C)CN1CCCC1. The van der Waals surface area contributed by atoms with Gasteiger partial charge in [-0.2, -0.15) is 0 Å². The van der Waals surface area contributed by atoms with Crippen LogP contribution in [0.2, 0.25) is 0 Å². The molecule has 4 nitrogen and oxygen atoms in total. The van der Waals surface area contributed by atoms with Gasteiger partial charge in [0.2, 0.25) is 0 Å². The first-order valence-corrected chi connectivity index (χ1v) is 7.79. The minimum absolute atomic E-state index is 0.106. The van der Waals surface area contributed by atoms with Crippen molar-refractivity contribution in [2.75, 3.05) is 19.6 Å². The van der Waals surface area contributed by atoms with Crippen LogP contribution in [0, 0.1) is 0 Å². The van der Waals surface area contributed by atoms with Crippen molar-refractivity contribution in [3.05, 3.63) is 24.2 Å². The molecule has 0 amide bonds. The summed E-state index contributed by atoms with van der Waals surface area (Å²) in [6, 6.07) is 4.27. The fourth-order valence-electron chi connectivity index (χ4n) is 3.08. The fourth-order valence-corrected chi connectivity index (χ4v) is 3.24. The van der Waals surface area contributed by atoms with Crippen molar-refractivity contribution in [2.45, 2.75) is 38.1 Å². The van der Waals surface area contributed by atoms with Crippen LogP contribution in [0.5, 0.6) is 0 Å². The van der Waals surface area contributed by atoms with E-state index in [0.717, 1.165) is 23.5 Å². The van der Waals surface area contributed by atoms with Crippen LogP contribution in [0.4, 0.5) is 0 Å². The number of aromatic nitrogens is 3. The van der Waals surface area contributed by atoms with E-state index in [4.69, 9.17) is 11.6 Å². The van der Waals surface area contributed by atoms with Crippen LogP contribution in [-0.4, -0.2) is 39.1 Å². The first kappa shape index (κ1) is 13.8. The normalized spacial score (nSPS) is 19.6. The second kappa shape index (κ2) is 5.70. The minimum Gasteiger partial charge on any atom is -0.307 e. The molecule has 0 aromatic carbocycles. The fraction of sp³-hybridized carbons (Fsp3) is 0.600. The van der Waals surface area contributed by atoms with Gasteiger partial charge in [0.1, 0.15) is 11.3 Å². The van der Waals surface area contributed by atoms with E-state index < -0.39 is 0 Å². The maximum absolute atomic E-state index is 6.32. The molecule has 2 unspecified atom stereocenters. The number of rotatable bonds is 4. The van der Waals surface area contributed by atoms with E-state index in [9.17, 15) is 0 Å².